The number of nitrogens with two attached hydrogens (primary N) is 2. The smallest absolute Gasteiger partial charge is 0.759 e. The van der Waals surface area contributed by atoms with Crippen LogP contribution in [0.3, 0.4) is 0 Å². The summed E-state index contributed by atoms with van der Waals surface area (Å²) in [4.78, 5) is 0. The molecule has 0 amide bonds. The summed E-state index contributed by atoms with van der Waals surface area (Å²) in [5.74, 6) is 0. The first-order valence-corrected chi connectivity index (χ1v) is 5.30. The van der Waals surface area contributed by atoms with Crippen molar-refractivity contribution in [2.75, 3.05) is 0 Å². The van der Waals surface area contributed by atoms with Crippen LogP contribution in [0.25, 0.3) is 0 Å². The van der Waals surface area contributed by atoms with E-state index in [2.05, 4.69) is 0 Å². The summed E-state index contributed by atoms with van der Waals surface area (Å²) in [6.07, 6.45) is 5.06. The van der Waals surface area contributed by atoms with Crippen molar-refractivity contribution in [1.82, 2.24) is 0 Å². The first-order valence-electron chi connectivity index (χ1n) is 3.97. The van der Waals surface area contributed by atoms with Crippen molar-refractivity contribution in [3.8, 4) is 0 Å². The minimum Gasteiger partial charge on any atom is -0.759 e. The normalized spacial score (nSPS) is 19.1. The molecule has 8 heteroatoms. The van der Waals surface area contributed by atoms with Crippen LogP contribution in [-0.2, 0) is 31.5 Å². The molecule has 0 unspecified atom stereocenters. The average Bonchev–Trinajstić information content (AvgIpc) is 2.69. The summed E-state index contributed by atoms with van der Waals surface area (Å²) in [6, 6.07) is 1.17. The van der Waals surface area contributed by atoms with Crippen molar-refractivity contribution in [1.29, 1.82) is 0 Å². The Balaban J connectivity index is 0. The molecule has 0 radical (unpaired) electrons. The molecule has 0 aliphatic heterocycles. The van der Waals surface area contributed by atoms with Crippen molar-refractivity contribution >= 4 is 10.4 Å². The van der Waals surface area contributed by atoms with Gasteiger partial charge in [-0.2, -0.15) is 0 Å². The Hall–Kier alpha value is 0.478. The molecule has 2 rings (SSSR count). The Bertz CT molecular complexity index is 208. The van der Waals surface area contributed by atoms with Crippen LogP contribution in [0.5, 0.6) is 0 Å². The van der Waals surface area contributed by atoms with Gasteiger partial charge in [0.15, 0.2) is 0 Å². The predicted octanol–water partition coefficient (Wildman–Crippen LogP) is -1.13. The van der Waals surface area contributed by atoms with E-state index in [1.165, 1.54) is 25.7 Å². The van der Waals surface area contributed by atoms with Crippen LogP contribution >= 0.6 is 0 Å². The largest absolute Gasteiger partial charge is 2.00 e. The van der Waals surface area contributed by atoms with Gasteiger partial charge in [-0.3, -0.25) is 8.42 Å². The van der Waals surface area contributed by atoms with Crippen molar-refractivity contribution in [3.63, 3.8) is 0 Å². The second kappa shape index (κ2) is 7.73. The van der Waals surface area contributed by atoms with Crippen LogP contribution in [-0.4, -0.2) is 29.6 Å². The number of hydrogen-bond acceptors (Lipinski definition) is 6. The standard InChI is InChI=1S/2C3H7N.H2O4S.Pt/c2*4-3-1-2-3;1-5(2,3)4;/h2*3H,1-2,4H2;(H2,1,2,3,4);/q;;;+2/p-2. The second-order valence-electron chi connectivity index (χ2n) is 3.08. The minimum absolute atomic E-state index is 0. The molecule has 6 nitrogen and oxygen atoms in total. The van der Waals surface area contributed by atoms with Crippen molar-refractivity contribution in [2.45, 2.75) is 37.8 Å². The molecule has 0 heterocycles. The molecule has 0 saturated heterocycles. The van der Waals surface area contributed by atoms with E-state index >= 15 is 0 Å². The number of rotatable bonds is 0. The zero-order chi connectivity index (χ0) is 10.5. The van der Waals surface area contributed by atoms with Crippen LogP contribution in [0.4, 0.5) is 0 Å². The summed E-state index contributed by atoms with van der Waals surface area (Å²) in [5.41, 5.74) is 10.4. The van der Waals surface area contributed by atoms with Crippen molar-refractivity contribution in [2.24, 2.45) is 11.5 Å². The molecule has 0 atom stereocenters. The molecule has 2 fully saturated rings. The fraction of sp³-hybridized carbons (Fsp3) is 1.00. The first-order chi connectivity index (χ1) is 5.79. The van der Waals surface area contributed by atoms with E-state index in [0.29, 0.717) is 12.1 Å². The monoisotopic (exact) mass is 405 g/mol. The van der Waals surface area contributed by atoms with Gasteiger partial charge in [-0.05, 0) is 25.7 Å². The molecule has 2 aliphatic carbocycles. The Kier molecular flexibility index (Phi) is 9.33. The number of hydrogen-bond donors (Lipinski definition) is 2. The third-order valence-corrected chi connectivity index (χ3v) is 1.24. The van der Waals surface area contributed by atoms with E-state index in [4.69, 9.17) is 29.0 Å². The van der Waals surface area contributed by atoms with Gasteiger partial charge in [0.2, 0.25) is 0 Å². The first kappa shape index (κ1) is 16.9. The zero-order valence-electron chi connectivity index (χ0n) is 7.50. The van der Waals surface area contributed by atoms with Gasteiger partial charge in [0.05, 0.1) is 0 Å². The fourth-order valence-corrected chi connectivity index (χ4v) is 0.192. The maximum atomic E-state index is 8.52. The molecule has 4 N–H and O–H groups in total. The summed E-state index contributed by atoms with van der Waals surface area (Å²) < 4.78 is 34.1. The second-order valence-corrected chi connectivity index (χ2v) is 3.90. The third kappa shape index (κ3) is 39.2. The summed E-state index contributed by atoms with van der Waals surface area (Å²) in [5, 5.41) is 0. The Morgan fingerprint density at radius 3 is 1.00 bits per heavy atom. The van der Waals surface area contributed by atoms with Gasteiger partial charge in [-0.25, -0.2) is 0 Å². The molecule has 0 bridgehead atoms. The predicted molar refractivity (Wildman–Crippen MR) is 44.9 cm³/mol. The van der Waals surface area contributed by atoms with Gasteiger partial charge in [0.25, 0.3) is 0 Å². The van der Waals surface area contributed by atoms with E-state index < -0.39 is 10.4 Å². The Morgan fingerprint density at radius 2 is 1.00 bits per heavy atom. The van der Waals surface area contributed by atoms with E-state index in [1.807, 2.05) is 0 Å². The zero-order valence-corrected chi connectivity index (χ0v) is 10.6. The quantitative estimate of drug-likeness (QED) is 0.387. The molecule has 2 aliphatic rings. The Labute approximate surface area is 98.3 Å². The van der Waals surface area contributed by atoms with Crippen LogP contribution in [0.2, 0.25) is 0 Å². The fourth-order valence-electron chi connectivity index (χ4n) is 0.192. The molecule has 0 aromatic heterocycles. The van der Waals surface area contributed by atoms with Crippen LogP contribution < -0.4 is 11.5 Å². The van der Waals surface area contributed by atoms with Gasteiger partial charge >= 0.3 is 21.1 Å². The molecule has 88 valence electrons. The minimum atomic E-state index is -5.17. The van der Waals surface area contributed by atoms with E-state index in [9.17, 15) is 0 Å². The van der Waals surface area contributed by atoms with Gasteiger partial charge in [-0.1, -0.05) is 0 Å². The summed E-state index contributed by atoms with van der Waals surface area (Å²) in [6.45, 7) is 0. The summed E-state index contributed by atoms with van der Waals surface area (Å²) in [7, 11) is -5.17. The van der Waals surface area contributed by atoms with Crippen LogP contribution in [0.15, 0.2) is 0 Å². The molecular weight excluding hydrogens is 391 g/mol. The van der Waals surface area contributed by atoms with E-state index in [0.717, 1.165) is 0 Å². The van der Waals surface area contributed by atoms with E-state index in [1.54, 1.807) is 0 Å². The van der Waals surface area contributed by atoms with Gasteiger partial charge in [0, 0.05) is 22.5 Å². The summed E-state index contributed by atoms with van der Waals surface area (Å²) >= 11 is 0. The molecule has 0 spiro atoms. The van der Waals surface area contributed by atoms with Gasteiger partial charge < -0.3 is 20.6 Å². The molecule has 14 heavy (non-hydrogen) atoms. The average molecular weight is 405 g/mol. The van der Waals surface area contributed by atoms with Crippen LogP contribution in [0.1, 0.15) is 25.7 Å². The maximum absolute atomic E-state index is 8.52. The molecule has 2 saturated carbocycles. The third-order valence-electron chi connectivity index (χ3n) is 1.24. The molecular formula is C6H14N2O4PtS. The Morgan fingerprint density at radius 1 is 0.929 bits per heavy atom. The van der Waals surface area contributed by atoms with Gasteiger partial charge in [-0.15, -0.1) is 0 Å². The molecule has 0 aromatic carbocycles. The van der Waals surface area contributed by atoms with Crippen molar-refractivity contribution < 1.29 is 38.6 Å². The van der Waals surface area contributed by atoms with Crippen LogP contribution in [0, 0.1) is 0 Å². The topological polar surface area (TPSA) is 132 Å². The maximum Gasteiger partial charge on any atom is 2.00 e. The van der Waals surface area contributed by atoms with Crippen molar-refractivity contribution in [3.05, 3.63) is 0 Å². The van der Waals surface area contributed by atoms with Gasteiger partial charge in [0.1, 0.15) is 0 Å². The van der Waals surface area contributed by atoms with E-state index in [-0.39, 0.29) is 21.1 Å². The molecule has 0 aromatic rings. The SMILES string of the molecule is NC1CC1.NC1CC1.O=S(=O)([O-])[O-].[Pt+2].